The molecule has 0 saturated carbocycles. The number of alkyl halides is 1. The third kappa shape index (κ3) is 3.85. The number of fused-ring (bicyclic) bond motifs is 1. The summed E-state index contributed by atoms with van der Waals surface area (Å²) >= 11 is 2.40. The molecule has 30 heavy (non-hydrogen) atoms. The highest BCUT2D eigenvalue weighted by Gasteiger charge is 2.05. The van der Waals surface area contributed by atoms with Gasteiger partial charge in [0.05, 0.1) is 11.4 Å². The molecule has 2 aromatic heterocycles. The summed E-state index contributed by atoms with van der Waals surface area (Å²) in [6.45, 7) is 0. The van der Waals surface area contributed by atoms with E-state index in [9.17, 15) is 0 Å². The van der Waals surface area contributed by atoms with Crippen LogP contribution in [0.2, 0.25) is 0 Å². The highest BCUT2D eigenvalue weighted by atomic mass is 127. The normalized spacial score (nSPS) is 11.0. The summed E-state index contributed by atoms with van der Waals surface area (Å²) in [6, 6.07) is 32.1. The van der Waals surface area contributed by atoms with Gasteiger partial charge < -0.3 is 0 Å². The van der Waals surface area contributed by atoms with E-state index in [2.05, 4.69) is 99.3 Å². The quantitative estimate of drug-likeness (QED) is 0.189. The van der Waals surface area contributed by atoms with E-state index in [-0.39, 0.29) is 0 Å². The highest BCUT2D eigenvalue weighted by molar-refractivity contribution is 14.1. The van der Waals surface area contributed by atoms with Gasteiger partial charge in [-0.15, -0.1) is 0 Å². The number of nitrogens with zero attached hydrogens (tertiary/aromatic N) is 2. The van der Waals surface area contributed by atoms with Crippen LogP contribution in [-0.2, 0) is 4.43 Å². The fraction of sp³-hybridized carbons (Fsp3) is 0.0370. The minimum atomic E-state index is 0.887. The molecule has 0 atom stereocenters. The van der Waals surface area contributed by atoms with Crippen LogP contribution >= 0.6 is 22.6 Å². The predicted molar refractivity (Wildman–Crippen MR) is 134 cm³/mol. The van der Waals surface area contributed by atoms with E-state index < -0.39 is 0 Å². The maximum absolute atomic E-state index is 4.61. The SMILES string of the molecule is ICc1ccc(-c2ccc3cc(-c4ccc(-c5ccccn5)nc4)ccc3c2)cc1. The first kappa shape index (κ1) is 18.9. The molecule has 144 valence electrons. The minimum absolute atomic E-state index is 0.887. The molecule has 0 radical (unpaired) electrons. The number of benzene rings is 3. The van der Waals surface area contributed by atoms with Gasteiger partial charge in [-0.25, -0.2) is 0 Å². The van der Waals surface area contributed by atoms with Crippen molar-refractivity contribution in [1.29, 1.82) is 0 Å². The monoisotopic (exact) mass is 498 g/mol. The van der Waals surface area contributed by atoms with Crippen molar-refractivity contribution in [1.82, 2.24) is 9.97 Å². The number of aromatic nitrogens is 2. The molecule has 0 amide bonds. The fourth-order valence-corrected chi connectivity index (χ4v) is 4.13. The summed E-state index contributed by atoms with van der Waals surface area (Å²) in [4.78, 5) is 8.98. The van der Waals surface area contributed by atoms with Gasteiger partial charge in [0.15, 0.2) is 0 Å². The second kappa shape index (κ2) is 8.36. The summed E-state index contributed by atoms with van der Waals surface area (Å²) in [6.07, 6.45) is 3.72. The minimum Gasteiger partial charge on any atom is -0.255 e. The first-order chi connectivity index (χ1) is 14.8. The van der Waals surface area contributed by atoms with Gasteiger partial charge >= 0.3 is 0 Å². The van der Waals surface area contributed by atoms with Crippen molar-refractivity contribution in [2.24, 2.45) is 0 Å². The molecule has 0 saturated heterocycles. The predicted octanol–water partition coefficient (Wildman–Crippen LogP) is 7.57. The third-order valence-electron chi connectivity index (χ3n) is 5.31. The Labute approximate surface area is 189 Å². The van der Waals surface area contributed by atoms with Crippen LogP contribution in [0.5, 0.6) is 0 Å². The van der Waals surface area contributed by atoms with Gasteiger partial charge in [-0.05, 0) is 63.4 Å². The molecule has 0 spiro atoms. The Bertz CT molecular complexity index is 1290. The first-order valence-electron chi connectivity index (χ1n) is 9.87. The summed E-state index contributed by atoms with van der Waals surface area (Å²) in [5.41, 5.74) is 7.91. The smallest absolute Gasteiger partial charge is 0.0886 e. The maximum Gasteiger partial charge on any atom is 0.0886 e. The van der Waals surface area contributed by atoms with Crippen LogP contribution in [0.3, 0.4) is 0 Å². The van der Waals surface area contributed by atoms with E-state index >= 15 is 0 Å². The molecule has 3 aromatic carbocycles. The zero-order valence-corrected chi connectivity index (χ0v) is 18.5. The molecule has 2 heterocycles. The van der Waals surface area contributed by atoms with Crippen molar-refractivity contribution in [3.63, 3.8) is 0 Å². The zero-order valence-electron chi connectivity index (χ0n) is 16.3. The maximum atomic E-state index is 4.61. The van der Waals surface area contributed by atoms with E-state index in [0.717, 1.165) is 21.4 Å². The summed E-state index contributed by atoms with van der Waals surface area (Å²) in [7, 11) is 0. The number of halogens is 1. The van der Waals surface area contributed by atoms with Gasteiger partial charge in [-0.3, -0.25) is 9.97 Å². The second-order valence-corrected chi connectivity index (χ2v) is 8.02. The van der Waals surface area contributed by atoms with E-state index in [1.165, 1.54) is 33.0 Å². The van der Waals surface area contributed by atoms with Crippen LogP contribution in [0.15, 0.2) is 103 Å². The van der Waals surface area contributed by atoms with Crippen LogP contribution in [-0.4, -0.2) is 9.97 Å². The lowest BCUT2D eigenvalue weighted by atomic mass is 9.98. The molecule has 5 rings (SSSR count). The van der Waals surface area contributed by atoms with Crippen molar-refractivity contribution < 1.29 is 0 Å². The molecular weight excluding hydrogens is 479 g/mol. The zero-order chi connectivity index (χ0) is 20.3. The number of pyridine rings is 2. The van der Waals surface area contributed by atoms with Crippen molar-refractivity contribution >= 4 is 33.4 Å². The first-order valence-corrected chi connectivity index (χ1v) is 11.4. The molecule has 0 unspecified atom stereocenters. The Kier molecular flexibility index (Phi) is 5.28. The van der Waals surface area contributed by atoms with Crippen LogP contribution in [0.1, 0.15) is 5.56 Å². The van der Waals surface area contributed by atoms with Crippen LogP contribution < -0.4 is 0 Å². The largest absolute Gasteiger partial charge is 0.255 e. The Morgan fingerprint density at radius 2 is 1.20 bits per heavy atom. The lowest BCUT2D eigenvalue weighted by Gasteiger charge is -2.08. The Balaban J connectivity index is 1.45. The number of hydrogen-bond acceptors (Lipinski definition) is 2. The molecule has 5 aromatic rings. The Hall–Kier alpha value is -3.05. The van der Waals surface area contributed by atoms with Crippen molar-refractivity contribution in [3.8, 4) is 33.6 Å². The van der Waals surface area contributed by atoms with Gasteiger partial charge in [0.2, 0.25) is 0 Å². The van der Waals surface area contributed by atoms with Crippen molar-refractivity contribution in [2.45, 2.75) is 4.43 Å². The molecule has 0 aliphatic heterocycles. The van der Waals surface area contributed by atoms with Crippen LogP contribution in [0.4, 0.5) is 0 Å². The van der Waals surface area contributed by atoms with Crippen molar-refractivity contribution in [3.05, 3.63) is 109 Å². The van der Waals surface area contributed by atoms with E-state index in [1.807, 2.05) is 30.5 Å². The lowest BCUT2D eigenvalue weighted by Crippen LogP contribution is -1.87. The number of rotatable bonds is 4. The summed E-state index contributed by atoms with van der Waals surface area (Å²) < 4.78 is 1.04. The average molecular weight is 498 g/mol. The fourth-order valence-electron chi connectivity index (χ4n) is 3.62. The van der Waals surface area contributed by atoms with E-state index in [1.54, 1.807) is 6.20 Å². The molecule has 0 fully saturated rings. The van der Waals surface area contributed by atoms with Crippen LogP contribution in [0.25, 0.3) is 44.4 Å². The summed E-state index contributed by atoms with van der Waals surface area (Å²) in [5.74, 6) is 0. The summed E-state index contributed by atoms with van der Waals surface area (Å²) in [5, 5.41) is 2.47. The Morgan fingerprint density at radius 3 is 1.80 bits per heavy atom. The second-order valence-electron chi connectivity index (χ2n) is 7.25. The molecule has 0 aliphatic rings. The standard InChI is InChI=1S/C27H19IN2/c28-17-19-4-6-20(7-5-19)21-8-9-23-16-24(11-10-22(23)15-21)25-12-13-27(30-18-25)26-3-1-2-14-29-26/h1-16,18H,17H2. The number of hydrogen-bond donors (Lipinski definition) is 0. The molecule has 0 N–H and O–H groups in total. The molecular formula is C27H19IN2. The third-order valence-corrected chi connectivity index (χ3v) is 6.19. The van der Waals surface area contributed by atoms with Gasteiger partial charge in [0, 0.05) is 22.4 Å². The van der Waals surface area contributed by atoms with E-state index in [4.69, 9.17) is 0 Å². The van der Waals surface area contributed by atoms with Crippen molar-refractivity contribution in [2.75, 3.05) is 0 Å². The molecule has 2 nitrogen and oxygen atoms in total. The average Bonchev–Trinajstić information content (AvgIpc) is 2.84. The van der Waals surface area contributed by atoms with Crippen LogP contribution in [0, 0.1) is 0 Å². The highest BCUT2D eigenvalue weighted by Crippen LogP contribution is 2.29. The topological polar surface area (TPSA) is 25.8 Å². The van der Waals surface area contributed by atoms with E-state index in [0.29, 0.717) is 0 Å². The van der Waals surface area contributed by atoms with Gasteiger partial charge in [-0.1, -0.05) is 83.3 Å². The Morgan fingerprint density at radius 1 is 0.567 bits per heavy atom. The molecule has 0 aliphatic carbocycles. The van der Waals surface area contributed by atoms with Gasteiger partial charge in [0.1, 0.15) is 0 Å². The van der Waals surface area contributed by atoms with Gasteiger partial charge in [-0.2, -0.15) is 0 Å². The van der Waals surface area contributed by atoms with Gasteiger partial charge in [0.25, 0.3) is 0 Å². The lowest BCUT2D eigenvalue weighted by molar-refractivity contribution is 1.25. The molecule has 3 heteroatoms. The molecule has 0 bridgehead atoms.